The molecule has 2 aromatic carbocycles. The van der Waals surface area contributed by atoms with Gasteiger partial charge in [-0.25, -0.2) is 79.0 Å². The topological polar surface area (TPSA) is 166 Å². The van der Waals surface area contributed by atoms with Crippen molar-refractivity contribution in [3.8, 4) is 0 Å². The Morgan fingerprint density at radius 2 is 0.457 bits per heavy atom. The quantitative estimate of drug-likeness (QED) is 0.0269. The Kier molecular flexibility index (Phi) is 48.3. The molecule has 0 saturated carbocycles. The molecule has 42 heteroatoms. The number of halogens is 18. The van der Waals surface area contributed by atoms with E-state index in [9.17, 15) is 79.0 Å². The predicted molar refractivity (Wildman–Crippen MR) is 320 cm³/mol. The van der Waals surface area contributed by atoms with E-state index < -0.39 is 145 Å². The lowest BCUT2D eigenvalue weighted by molar-refractivity contribution is 0.00595. The molecule has 0 heterocycles. The van der Waals surface area contributed by atoms with Crippen molar-refractivity contribution >= 4 is 58.0 Å². The fourth-order valence-electron chi connectivity index (χ4n) is 7.50. The van der Waals surface area contributed by atoms with Crippen LogP contribution in [0.4, 0.5) is 79.0 Å². The lowest BCUT2D eigenvalue weighted by atomic mass is 10.1. The van der Waals surface area contributed by atoms with Gasteiger partial charge in [-0.15, -0.1) is 0 Å². The molecule has 0 N–H and O–H groups in total. The average molecular weight is 1520 g/mol. The van der Waals surface area contributed by atoms with Gasteiger partial charge in [-0.1, -0.05) is 0 Å². The molecule has 560 valence electrons. The van der Waals surface area contributed by atoms with E-state index in [2.05, 4.69) is 0 Å². The maximum Gasteiger partial charge on any atom is 0.542 e. The Morgan fingerprint density at radius 1 is 0.266 bits per heavy atom. The molecule has 2 rings (SSSR count). The number of benzene rings is 2. The van der Waals surface area contributed by atoms with Crippen molar-refractivity contribution in [2.45, 2.75) is 141 Å². The first-order valence-corrected chi connectivity index (χ1v) is 39.4. The summed E-state index contributed by atoms with van der Waals surface area (Å²) in [6.07, 6.45) is -1.38. The molecule has 94 heavy (non-hydrogen) atoms. The van der Waals surface area contributed by atoms with Crippen LogP contribution in [0.15, 0.2) is 0 Å². The van der Waals surface area contributed by atoms with Gasteiger partial charge in [0.25, 0.3) is 0 Å². The van der Waals surface area contributed by atoms with Gasteiger partial charge in [0.2, 0.25) is 35.3 Å². The Morgan fingerprint density at radius 3 is 0.649 bits per heavy atom. The average Bonchev–Trinajstić information content (AvgIpc) is 0.768. The van der Waals surface area contributed by atoms with Gasteiger partial charge in [-0.3, -0.25) is 0 Å². The van der Waals surface area contributed by atoms with Crippen LogP contribution in [0.5, 0.6) is 0 Å². The third-order valence-corrected chi connectivity index (χ3v) is 29.6. The zero-order valence-electron chi connectivity index (χ0n) is 57.1. The van der Waals surface area contributed by atoms with Gasteiger partial charge < -0.3 is 79.7 Å². The minimum absolute atomic E-state index is 0.0834. The Labute approximate surface area is 546 Å². The smallest absolute Gasteiger partial charge is 0.377 e. The van der Waals surface area contributed by atoms with Gasteiger partial charge in [0.15, 0.2) is 46.5 Å². The highest BCUT2D eigenvalue weighted by Crippen LogP contribution is 2.31. The molecule has 18 nitrogen and oxygen atoms in total. The van der Waals surface area contributed by atoms with Crippen molar-refractivity contribution in [2.24, 2.45) is 0 Å². The van der Waals surface area contributed by atoms with E-state index in [1.165, 1.54) is 85.3 Å². The largest absolute Gasteiger partial charge is 0.542 e. The van der Waals surface area contributed by atoms with Crippen LogP contribution >= 0.6 is 0 Å². The van der Waals surface area contributed by atoms with Crippen molar-refractivity contribution in [2.75, 3.05) is 126 Å². The summed E-state index contributed by atoms with van der Waals surface area (Å²) in [4.78, 5) is 0. The molecule has 0 radical (unpaired) electrons. The number of hydrogen-bond acceptors (Lipinski definition) is 18. The molecule has 0 amide bonds. The van der Waals surface area contributed by atoms with E-state index >= 15 is 0 Å². The maximum atomic E-state index is 13.5. The monoisotopic (exact) mass is 1520 g/mol. The molecule has 2 aromatic rings. The molecule has 0 spiro atoms. The summed E-state index contributed by atoms with van der Waals surface area (Å²) < 4.78 is 323. The van der Waals surface area contributed by atoms with Crippen LogP contribution in [-0.4, -0.2) is 203 Å². The highest BCUT2D eigenvalue weighted by atomic mass is 28.4. The normalized spacial score (nSPS) is 12.8. The van der Waals surface area contributed by atoms with Gasteiger partial charge in [-0.05, 0) is 61.3 Å². The highest BCUT2D eigenvalue weighted by Gasteiger charge is 2.50. The van der Waals surface area contributed by atoms with Crippen molar-refractivity contribution < 1.29 is 159 Å². The van der Waals surface area contributed by atoms with E-state index in [0.717, 1.165) is 49.0 Å². The van der Waals surface area contributed by atoms with Gasteiger partial charge in [-0.2, -0.15) is 0 Å². The first-order chi connectivity index (χ1) is 43.2. The third kappa shape index (κ3) is 34.2. The van der Waals surface area contributed by atoms with Crippen LogP contribution in [0.3, 0.4) is 0 Å². The Bertz CT molecular complexity index is 2170. The zero-order valence-corrected chi connectivity index (χ0v) is 63.1. The molecule has 0 bridgehead atoms. The standard InChI is InChI=1S/C12H15F5O3Si.C10H22F2O3Si.C9H9F5O3Si.3C7H16F2O3Si/c1-18-21(19-2,20-3)6-4-5-7-8(13)10(15)12(17)11(16)9(7)14;1-5-13-16(14-6-2,15-7-3)9-8-10(4,11)12;1-15-18(16-2,17-3)9-7(13)5(11)4(10)6(12)8(9)14;3*1-7(8,9)5-6-13(10-2,11-3)12-4/h4-6H2,1-3H3;5-9H2,1-4H3;1-3H3;3*5-6H2,1-4H3. The molecule has 0 aliphatic rings. The molecule has 0 saturated heterocycles. The fourth-order valence-corrected chi connectivity index (χ4v) is 19.4. The van der Waals surface area contributed by atoms with Crippen LogP contribution in [0.25, 0.3) is 0 Å². The first kappa shape index (κ1) is 98.1. The molecule has 0 aliphatic heterocycles. The lowest BCUT2D eigenvalue weighted by Gasteiger charge is -2.29. The summed E-state index contributed by atoms with van der Waals surface area (Å²) in [5, 5.41) is -1.22. The summed E-state index contributed by atoms with van der Waals surface area (Å²) in [5.41, 5.74) is -0.849. The van der Waals surface area contributed by atoms with E-state index in [-0.39, 0.29) is 68.7 Å². The Balaban J connectivity index is -0.000000523. The Hall–Kier alpha value is -2.24. The maximum absolute atomic E-state index is 13.5. The van der Waals surface area contributed by atoms with Crippen LogP contribution in [0.1, 0.15) is 86.1 Å². The summed E-state index contributed by atoms with van der Waals surface area (Å²) >= 11 is 0. The third-order valence-electron chi connectivity index (χ3n) is 12.8. The van der Waals surface area contributed by atoms with Crippen molar-refractivity contribution in [1.82, 2.24) is 0 Å². The highest BCUT2D eigenvalue weighted by molar-refractivity contribution is 6.75. The van der Waals surface area contributed by atoms with Crippen LogP contribution in [0, 0.1) is 58.2 Å². The number of alkyl halides is 8. The molecular formula is C52H94F18O18Si6. The van der Waals surface area contributed by atoms with Gasteiger partial charge >= 0.3 is 52.8 Å². The van der Waals surface area contributed by atoms with Gasteiger partial charge in [0.05, 0.1) is 0 Å². The lowest BCUT2D eigenvalue weighted by Crippen LogP contribution is -2.58. The molecule has 0 atom stereocenters. The summed E-state index contributed by atoms with van der Waals surface area (Å²) in [6.45, 7) is 10.2. The van der Waals surface area contributed by atoms with E-state index in [1.54, 1.807) is 0 Å². The second-order valence-electron chi connectivity index (χ2n) is 19.5. The van der Waals surface area contributed by atoms with Gasteiger partial charge in [0, 0.05) is 188 Å². The van der Waals surface area contributed by atoms with Crippen LogP contribution in [0.2, 0.25) is 30.2 Å². The summed E-state index contributed by atoms with van der Waals surface area (Å²) in [7, 11) is 1.29. The minimum Gasteiger partial charge on any atom is -0.377 e. The van der Waals surface area contributed by atoms with Crippen LogP contribution < -0.4 is 5.19 Å². The minimum atomic E-state index is -4.16. The van der Waals surface area contributed by atoms with Crippen molar-refractivity contribution in [3.05, 3.63) is 63.7 Å². The molecular weight excluding hydrogens is 1420 g/mol. The molecule has 0 unspecified atom stereocenters. The van der Waals surface area contributed by atoms with E-state index in [1.807, 2.05) is 20.8 Å². The van der Waals surface area contributed by atoms with E-state index in [4.69, 9.17) is 79.7 Å². The summed E-state index contributed by atoms with van der Waals surface area (Å²) in [6, 6.07) is 0.710. The second kappa shape index (κ2) is 46.2. The number of rotatable bonds is 38. The summed E-state index contributed by atoms with van der Waals surface area (Å²) in [5.74, 6) is -30.9. The number of hydrogen-bond donors (Lipinski definition) is 0. The van der Waals surface area contributed by atoms with Crippen molar-refractivity contribution in [3.63, 3.8) is 0 Å². The molecule has 0 aromatic heterocycles. The second-order valence-corrected chi connectivity index (χ2v) is 37.4. The fraction of sp³-hybridized carbons (Fsp3) is 0.769. The predicted octanol–water partition coefficient (Wildman–Crippen LogP) is 13.5. The van der Waals surface area contributed by atoms with Crippen LogP contribution in [-0.2, 0) is 86.1 Å². The van der Waals surface area contributed by atoms with E-state index in [0.29, 0.717) is 19.8 Å². The van der Waals surface area contributed by atoms with Crippen molar-refractivity contribution in [1.29, 1.82) is 0 Å². The molecule has 0 fully saturated rings. The first-order valence-electron chi connectivity index (χ1n) is 28.0. The van der Waals surface area contributed by atoms with Gasteiger partial charge in [0.1, 0.15) is 5.19 Å². The SMILES string of the molecule is CCO[Si](CCC(C)(F)F)(OCC)OCC.CO[Si](CCC(C)(F)F)(OC)OC.CO[Si](CCC(C)(F)F)(OC)OC.CO[Si](CCC(C)(F)F)(OC)OC.CO[Si](CCCc1c(F)c(F)c(F)c(F)c1F)(OC)OC.CO[Si](OC)(OC)c1c(F)c(F)c(F)c(F)c1F. The molecule has 0 aliphatic carbocycles. The zero-order chi connectivity index (χ0) is 74.6.